The Kier molecular flexibility index (Phi) is 5.62. The molecule has 168 valence electrons. The van der Waals surface area contributed by atoms with E-state index in [1.54, 1.807) is 30.5 Å². The van der Waals surface area contributed by atoms with E-state index in [1.807, 2.05) is 54.0 Å². The Hall–Kier alpha value is -3.98. The van der Waals surface area contributed by atoms with Crippen LogP contribution in [0.1, 0.15) is 10.5 Å². The molecule has 1 aliphatic heterocycles. The van der Waals surface area contributed by atoms with Crippen molar-refractivity contribution in [1.82, 2.24) is 24.7 Å². The molecule has 9 nitrogen and oxygen atoms in total. The monoisotopic (exact) mass is 442 g/mol. The predicted octanol–water partition coefficient (Wildman–Crippen LogP) is 2.52. The number of piperazine rings is 1. The third-order valence-corrected chi connectivity index (χ3v) is 5.95. The van der Waals surface area contributed by atoms with E-state index < -0.39 is 0 Å². The van der Waals surface area contributed by atoms with Gasteiger partial charge in [0.2, 0.25) is 0 Å². The van der Waals surface area contributed by atoms with Crippen LogP contribution in [0.4, 0.5) is 17.2 Å². The molecule has 0 atom stereocenters. The summed E-state index contributed by atoms with van der Waals surface area (Å²) in [7, 11) is 3.61. The highest BCUT2D eigenvalue weighted by Gasteiger charge is 2.18. The van der Waals surface area contributed by atoms with E-state index in [0.29, 0.717) is 11.3 Å². The topological polar surface area (TPSA) is 90.7 Å². The Balaban J connectivity index is 1.42. The lowest BCUT2D eigenvalue weighted by atomic mass is 10.2. The van der Waals surface area contributed by atoms with Gasteiger partial charge in [0.1, 0.15) is 11.5 Å². The summed E-state index contributed by atoms with van der Waals surface area (Å²) in [5.41, 5.74) is 4.59. The van der Waals surface area contributed by atoms with Crippen LogP contribution >= 0.6 is 0 Å². The molecule has 0 saturated carbocycles. The molecule has 1 aliphatic rings. The number of hydrogen-bond donors (Lipinski definition) is 2. The van der Waals surface area contributed by atoms with E-state index in [0.717, 1.165) is 54.6 Å². The lowest BCUT2D eigenvalue weighted by Crippen LogP contribution is -2.43. The minimum absolute atomic E-state index is 0.194. The van der Waals surface area contributed by atoms with Gasteiger partial charge in [0.25, 0.3) is 5.91 Å². The van der Waals surface area contributed by atoms with Crippen LogP contribution in [-0.4, -0.2) is 65.5 Å². The summed E-state index contributed by atoms with van der Waals surface area (Å²) in [6.07, 6.45) is 7.00. The van der Waals surface area contributed by atoms with Crippen LogP contribution in [0.5, 0.6) is 0 Å². The smallest absolute Gasteiger partial charge is 0.278 e. The number of anilines is 3. The van der Waals surface area contributed by atoms with Gasteiger partial charge in [-0.1, -0.05) is 0 Å². The molecular formula is C24H26N8O. The summed E-state index contributed by atoms with van der Waals surface area (Å²) < 4.78 is 1.89. The fourth-order valence-electron chi connectivity index (χ4n) is 3.97. The van der Waals surface area contributed by atoms with Crippen molar-refractivity contribution in [2.24, 2.45) is 0 Å². The Labute approximate surface area is 192 Å². The maximum atomic E-state index is 13.1. The number of imidazole rings is 1. The lowest BCUT2D eigenvalue weighted by molar-refractivity contribution is 0.0988. The molecule has 0 unspecified atom stereocenters. The number of aromatic nitrogens is 4. The van der Waals surface area contributed by atoms with Gasteiger partial charge >= 0.3 is 0 Å². The largest absolute Gasteiger partial charge is 0.388 e. The molecule has 2 N–H and O–H groups in total. The second-order valence-electron chi connectivity index (χ2n) is 7.95. The average molecular weight is 443 g/mol. The van der Waals surface area contributed by atoms with E-state index in [1.165, 1.54) is 0 Å². The molecule has 1 saturated heterocycles. The van der Waals surface area contributed by atoms with E-state index in [9.17, 15) is 4.79 Å². The molecule has 0 aliphatic carbocycles. The van der Waals surface area contributed by atoms with E-state index in [-0.39, 0.29) is 5.91 Å². The van der Waals surface area contributed by atoms with Gasteiger partial charge in [0.15, 0.2) is 5.65 Å². The third-order valence-electron chi connectivity index (χ3n) is 5.95. The Morgan fingerprint density at radius 2 is 1.79 bits per heavy atom. The zero-order chi connectivity index (χ0) is 22.8. The van der Waals surface area contributed by atoms with Gasteiger partial charge < -0.3 is 20.4 Å². The van der Waals surface area contributed by atoms with Gasteiger partial charge in [0, 0.05) is 69.6 Å². The average Bonchev–Trinajstić information content (AvgIpc) is 3.32. The van der Waals surface area contributed by atoms with Crippen molar-refractivity contribution < 1.29 is 4.79 Å². The first kappa shape index (κ1) is 20.9. The zero-order valence-electron chi connectivity index (χ0n) is 18.7. The molecule has 1 aromatic carbocycles. The van der Waals surface area contributed by atoms with Crippen molar-refractivity contribution in [2.45, 2.75) is 0 Å². The highest BCUT2D eigenvalue weighted by atomic mass is 16.2. The Bertz CT molecular complexity index is 1260. The van der Waals surface area contributed by atoms with Gasteiger partial charge in [-0.3, -0.25) is 9.20 Å². The molecule has 0 bridgehead atoms. The number of hydrogen-bond acceptors (Lipinski definition) is 7. The molecule has 1 fully saturated rings. The minimum Gasteiger partial charge on any atom is -0.388 e. The van der Waals surface area contributed by atoms with Gasteiger partial charge in [-0.25, -0.2) is 15.0 Å². The van der Waals surface area contributed by atoms with Crippen molar-refractivity contribution in [1.29, 1.82) is 0 Å². The third kappa shape index (κ3) is 4.10. The van der Waals surface area contributed by atoms with Gasteiger partial charge in [0.05, 0.1) is 18.1 Å². The van der Waals surface area contributed by atoms with E-state index in [4.69, 9.17) is 0 Å². The van der Waals surface area contributed by atoms with Crippen LogP contribution in [-0.2, 0) is 0 Å². The second-order valence-corrected chi connectivity index (χ2v) is 7.95. The number of benzene rings is 1. The van der Waals surface area contributed by atoms with Crippen LogP contribution in [0, 0.1) is 0 Å². The molecule has 33 heavy (non-hydrogen) atoms. The normalized spacial score (nSPS) is 13.8. The fraction of sp³-hybridized carbons (Fsp3) is 0.250. The van der Waals surface area contributed by atoms with Crippen molar-refractivity contribution in [3.63, 3.8) is 0 Å². The molecule has 4 aromatic rings. The zero-order valence-corrected chi connectivity index (χ0v) is 18.7. The number of amides is 1. The fourth-order valence-corrected chi connectivity index (χ4v) is 3.97. The SMILES string of the molecule is CNc1ccc(N(C)C(=O)c2cn3c(-c4ccc(N5CCNCC5)nc4)cnc3cn2)cc1. The summed E-state index contributed by atoms with van der Waals surface area (Å²) in [4.78, 5) is 30.5. The Morgan fingerprint density at radius 3 is 2.48 bits per heavy atom. The summed E-state index contributed by atoms with van der Waals surface area (Å²) in [6, 6.07) is 11.7. The lowest BCUT2D eigenvalue weighted by Gasteiger charge is -2.28. The highest BCUT2D eigenvalue weighted by molar-refractivity contribution is 6.04. The molecule has 4 heterocycles. The summed E-state index contributed by atoms with van der Waals surface area (Å²) >= 11 is 0. The number of pyridine rings is 1. The van der Waals surface area contributed by atoms with Gasteiger partial charge in [-0.15, -0.1) is 0 Å². The number of nitrogens with zero attached hydrogens (tertiary/aromatic N) is 6. The maximum absolute atomic E-state index is 13.1. The molecule has 3 aromatic heterocycles. The number of nitrogens with one attached hydrogen (secondary N) is 2. The summed E-state index contributed by atoms with van der Waals surface area (Å²) in [6.45, 7) is 3.83. The number of carbonyl (C=O) groups excluding carboxylic acids is 1. The minimum atomic E-state index is -0.194. The second kappa shape index (κ2) is 8.87. The highest BCUT2D eigenvalue weighted by Crippen LogP contribution is 2.23. The first-order valence-corrected chi connectivity index (χ1v) is 10.9. The van der Waals surface area contributed by atoms with Crippen LogP contribution in [0.2, 0.25) is 0 Å². The Morgan fingerprint density at radius 1 is 1.00 bits per heavy atom. The van der Waals surface area contributed by atoms with Crippen molar-refractivity contribution in [3.05, 3.63) is 66.9 Å². The maximum Gasteiger partial charge on any atom is 0.278 e. The summed E-state index contributed by atoms with van der Waals surface area (Å²) in [5, 5.41) is 6.43. The van der Waals surface area contributed by atoms with Crippen LogP contribution in [0.3, 0.4) is 0 Å². The summed E-state index contributed by atoms with van der Waals surface area (Å²) in [5.74, 6) is 0.776. The van der Waals surface area contributed by atoms with Crippen LogP contribution < -0.4 is 20.4 Å². The quantitative estimate of drug-likeness (QED) is 0.491. The number of fused-ring (bicyclic) bond motifs is 1. The van der Waals surface area contributed by atoms with Gasteiger partial charge in [-0.05, 0) is 36.4 Å². The first-order chi connectivity index (χ1) is 16.1. The van der Waals surface area contributed by atoms with Crippen LogP contribution in [0.15, 0.2) is 61.2 Å². The molecule has 5 rings (SSSR count). The van der Waals surface area contributed by atoms with Crippen molar-refractivity contribution in [2.75, 3.05) is 55.4 Å². The molecule has 0 spiro atoms. The molecule has 1 amide bonds. The molecular weight excluding hydrogens is 416 g/mol. The number of rotatable bonds is 5. The number of carbonyl (C=O) groups is 1. The van der Waals surface area contributed by atoms with Crippen LogP contribution in [0.25, 0.3) is 16.9 Å². The van der Waals surface area contributed by atoms with E-state index in [2.05, 4.69) is 30.5 Å². The van der Waals surface area contributed by atoms with E-state index >= 15 is 0 Å². The standard InChI is InChI=1S/C24H26N8O/c1-25-18-4-6-19(7-5-18)30(2)24(33)20-16-32-21(14-29-23(32)15-27-20)17-3-8-22(28-13-17)31-11-9-26-10-12-31/h3-8,13-16,25-26H,9-12H2,1-2H3. The first-order valence-electron chi connectivity index (χ1n) is 10.9. The molecule has 0 radical (unpaired) electrons. The van der Waals surface area contributed by atoms with Crippen molar-refractivity contribution >= 4 is 28.7 Å². The van der Waals surface area contributed by atoms with Crippen molar-refractivity contribution in [3.8, 4) is 11.3 Å². The van der Waals surface area contributed by atoms with Gasteiger partial charge in [-0.2, -0.15) is 0 Å². The molecule has 9 heteroatoms. The predicted molar refractivity (Wildman–Crippen MR) is 130 cm³/mol.